The van der Waals surface area contributed by atoms with Crippen LogP contribution < -0.4 is 60.2 Å². The lowest BCUT2D eigenvalue weighted by Crippen LogP contribution is -2.61. The zero-order valence-corrected chi connectivity index (χ0v) is 42.6. The van der Waals surface area contributed by atoms with Gasteiger partial charge in [0.05, 0.1) is 19.1 Å². The predicted molar refractivity (Wildman–Crippen MR) is 268 cm³/mol. The molecule has 1 aliphatic rings. The Bertz CT molecular complexity index is 2060. The quantitative estimate of drug-likeness (QED) is 0.0194. The highest BCUT2D eigenvalue weighted by molar-refractivity contribution is 7.98. The molecule has 72 heavy (non-hydrogen) atoms. The standard InChI is InChI=1S/C46H75N13O12S/c1-24(2)20-31(40(65)57-33(23-60)41(66)56-32(22-35(48)61)44(69)59-18-11-15-34(59)42(67)52-26(5)45(70)71)55-43(68)36(25(3)4)58-39(64)30(16-19-72-6)54-38(63)29(14-10-17-51-46(49)50)53-37(62)28(47)21-27-12-8-7-9-13-27/h7-9,12-13,24-26,28-34,36,60H,10-11,14-23,47H2,1-6H3,(H2,48,61)(H,52,67)(H,53,62)(H,54,63)(H,55,68)(H,56,66)(H,57,65)(H,58,64)(H,70,71)(H4,49,50,51)/t26-,28-,29-,30-,31-,32-,33-,34-,36-/m0/s1. The number of aliphatic imine (C=N–C) groups is 1. The van der Waals surface area contributed by atoms with Crippen LogP contribution in [0.25, 0.3) is 0 Å². The van der Waals surface area contributed by atoms with E-state index in [9.17, 15) is 58.2 Å². The smallest absolute Gasteiger partial charge is 0.325 e. The van der Waals surface area contributed by atoms with Crippen molar-refractivity contribution in [3.63, 3.8) is 0 Å². The van der Waals surface area contributed by atoms with E-state index in [-0.39, 0.29) is 63.5 Å². The number of hydrogen-bond donors (Lipinski definition) is 13. The van der Waals surface area contributed by atoms with Crippen LogP contribution >= 0.6 is 11.8 Å². The van der Waals surface area contributed by atoms with Gasteiger partial charge in [-0.15, -0.1) is 0 Å². The number of carbonyl (C=O) groups excluding carboxylic acids is 9. The number of benzene rings is 1. The second kappa shape index (κ2) is 31.0. The number of nitrogens with one attached hydrogen (secondary N) is 7. The molecule has 9 atom stereocenters. The SMILES string of the molecule is CSCC[C@H](NC(=O)[C@H](CCCN=C(N)N)NC(=O)[C@@H](N)Cc1ccccc1)C(=O)N[C@H](C(=O)N[C@@H](CC(C)C)C(=O)N[C@@H](CO)C(=O)N[C@@H](CC(N)=O)C(=O)N1CCC[C@H]1C(=O)N[C@@H](C)C(=O)O)C(C)C. The van der Waals surface area contributed by atoms with Crippen LogP contribution in [-0.4, -0.2) is 166 Å². The van der Waals surface area contributed by atoms with Crippen molar-refractivity contribution in [3.8, 4) is 0 Å². The van der Waals surface area contributed by atoms with Crippen LogP contribution in [0, 0.1) is 11.8 Å². The van der Waals surface area contributed by atoms with E-state index in [2.05, 4.69) is 42.2 Å². The van der Waals surface area contributed by atoms with Crippen molar-refractivity contribution >= 4 is 76.9 Å². The zero-order chi connectivity index (χ0) is 54.2. The Labute approximate surface area is 423 Å². The van der Waals surface area contributed by atoms with Crippen LogP contribution in [-0.2, 0) is 54.4 Å². The summed E-state index contributed by atoms with van der Waals surface area (Å²) in [6, 6.07) is -2.74. The Morgan fingerprint density at radius 2 is 1.29 bits per heavy atom. The summed E-state index contributed by atoms with van der Waals surface area (Å²) in [5.74, 6) is -9.45. The highest BCUT2D eigenvalue weighted by atomic mass is 32.2. The molecule has 0 radical (unpaired) electrons. The van der Waals surface area contributed by atoms with Crippen LogP contribution in [0.1, 0.15) is 85.1 Å². The van der Waals surface area contributed by atoms with Gasteiger partial charge in [0.15, 0.2) is 5.96 Å². The molecule has 0 saturated carbocycles. The Morgan fingerprint density at radius 1 is 0.736 bits per heavy atom. The van der Waals surface area contributed by atoms with Gasteiger partial charge in [0.1, 0.15) is 48.3 Å². The second-order valence-corrected chi connectivity index (χ2v) is 19.3. The second-order valence-electron chi connectivity index (χ2n) is 18.3. The third-order valence-corrected chi connectivity index (χ3v) is 12.1. The molecule has 0 aliphatic carbocycles. The monoisotopic (exact) mass is 1030 g/mol. The van der Waals surface area contributed by atoms with Crippen LogP contribution in [0.15, 0.2) is 35.3 Å². The molecule has 26 heteroatoms. The number of aliphatic carboxylic acids is 1. The molecular formula is C46H75N13O12S. The van der Waals surface area contributed by atoms with Gasteiger partial charge in [0.25, 0.3) is 0 Å². The summed E-state index contributed by atoms with van der Waals surface area (Å²) in [6.07, 6.45) is 2.22. The fourth-order valence-corrected chi connectivity index (χ4v) is 8.03. The van der Waals surface area contributed by atoms with Crippen LogP contribution in [0.2, 0.25) is 0 Å². The summed E-state index contributed by atoms with van der Waals surface area (Å²) in [4.78, 5) is 138. The number of primary amides is 1. The molecule has 17 N–H and O–H groups in total. The van der Waals surface area contributed by atoms with Crippen molar-refractivity contribution in [1.82, 2.24) is 42.1 Å². The number of amides is 9. The molecule has 1 saturated heterocycles. The number of rotatable bonds is 31. The molecule has 0 spiro atoms. The van der Waals surface area contributed by atoms with Gasteiger partial charge in [0, 0.05) is 13.1 Å². The number of aliphatic hydroxyl groups excluding tert-OH is 1. The maximum atomic E-state index is 14.0. The lowest BCUT2D eigenvalue weighted by molar-refractivity contribution is -0.145. The summed E-state index contributed by atoms with van der Waals surface area (Å²) in [5.41, 5.74) is 23.4. The molecular weight excluding hydrogens is 959 g/mol. The Hall–Kier alpha value is -6.54. The molecule has 402 valence electrons. The minimum Gasteiger partial charge on any atom is -0.480 e. The van der Waals surface area contributed by atoms with Crippen molar-refractivity contribution in [2.24, 2.45) is 39.8 Å². The Kier molecular flexibility index (Phi) is 26.5. The van der Waals surface area contributed by atoms with E-state index < -0.39 is 132 Å². The predicted octanol–water partition coefficient (Wildman–Crippen LogP) is -3.58. The van der Waals surface area contributed by atoms with Crippen molar-refractivity contribution in [1.29, 1.82) is 0 Å². The topological polar surface area (TPSA) is 415 Å². The van der Waals surface area contributed by atoms with E-state index >= 15 is 0 Å². The van der Waals surface area contributed by atoms with E-state index in [1.807, 2.05) is 18.2 Å². The number of hydrogen-bond acceptors (Lipinski definition) is 14. The van der Waals surface area contributed by atoms with Gasteiger partial charge in [0.2, 0.25) is 53.2 Å². The number of nitrogens with two attached hydrogens (primary N) is 4. The maximum Gasteiger partial charge on any atom is 0.325 e. The van der Waals surface area contributed by atoms with E-state index in [0.717, 1.165) is 10.5 Å². The van der Waals surface area contributed by atoms with E-state index in [4.69, 9.17) is 22.9 Å². The number of carboxylic acid groups (broad SMARTS) is 1. The van der Waals surface area contributed by atoms with Crippen molar-refractivity contribution in [3.05, 3.63) is 35.9 Å². The van der Waals surface area contributed by atoms with Crippen molar-refractivity contribution in [2.75, 3.05) is 31.7 Å². The number of aliphatic hydroxyl groups is 1. The molecule has 0 unspecified atom stereocenters. The van der Waals surface area contributed by atoms with Crippen LogP contribution in [0.3, 0.4) is 0 Å². The van der Waals surface area contributed by atoms with Gasteiger partial charge in [-0.3, -0.25) is 52.9 Å². The van der Waals surface area contributed by atoms with E-state index in [1.54, 1.807) is 46.1 Å². The molecule has 0 bridgehead atoms. The van der Waals surface area contributed by atoms with Crippen LogP contribution in [0.5, 0.6) is 0 Å². The number of nitrogens with zero attached hydrogens (tertiary/aromatic N) is 2. The first-order valence-electron chi connectivity index (χ1n) is 23.8. The largest absolute Gasteiger partial charge is 0.480 e. The molecule has 9 amide bonds. The molecule has 2 rings (SSSR count). The van der Waals surface area contributed by atoms with Gasteiger partial charge in [-0.1, -0.05) is 58.0 Å². The van der Waals surface area contributed by atoms with Gasteiger partial charge in [-0.05, 0) is 81.3 Å². The number of guanidine groups is 1. The fraction of sp³-hybridized carbons (Fsp3) is 0.630. The number of likely N-dealkylation sites (tertiary alicyclic amines) is 1. The molecule has 1 fully saturated rings. The molecule has 1 aliphatic heterocycles. The number of carboxylic acids is 1. The van der Waals surface area contributed by atoms with Crippen molar-refractivity contribution in [2.45, 2.75) is 140 Å². The van der Waals surface area contributed by atoms with Crippen LogP contribution in [0.4, 0.5) is 0 Å². The lowest BCUT2D eigenvalue weighted by Gasteiger charge is -2.30. The van der Waals surface area contributed by atoms with Gasteiger partial charge in [-0.2, -0.15) is 11.8 Å². The van der Waals surface area contributed by atoms with Gasteiger partial charge < -0.3 is 75.3 Å². The summed E-state index contributed by atoms with van der Waals surface area (Å²) >= 11 is 1.39. The van der Waals surface area contributed by atoms with E-state index in [0.29, 0.717) is 12.2 Å². The summed E-state index contributed by atoms with van der Waals surface area (Å²) < 4.78 is 0. The minimum atomic E-state index is -1.73. The number of thioether (sulfide) groups is 1. The summed E-state index contributed by atoms with van der Waals surface area (Å²) in [5, 5.41) is 37.2. The average molecular weight is 1030 g/mol. The van der Waals surface area contributed by atoms with Gasteiger partial charge in [-0.25, -0.2) is 0 Å². The van der Waals surface area contributed by atoms with Crippen molar-refractivity contribution < 1.29 is 58.2 Å². The molecule has 0 aromatic heterocycles. The fourth-order valence-electron chi connectivity index (χ4n) is 7.56. The first-order chi connectivity index (χ1) is 33.9. The molecule has 1 aromatic carbocycles. The first-order valence-corrected chi connectivity index (χ1v) is 25.2. The highest BCUT2D eigenvalue weighted by Gasteiger charge is 2.40. The van der Waals surface area contributed by atoms with Gasteiger partial charge >= 0.3 is 5.97 Å². The lowest BCUT2D eigenvalue weighted by atomic mass is 9.99. The summed E-state index contributed by atoms with van der Waals surface area (Å²) in [6.45, 7) is 7.19. The third-order valence-electron chi connectivity index (χ3n) is 11.4. The third kappa shape index (κ3) is 21.0. The first kappa shape index (κ1) is 61.6. The van der Waals surface area contributed by atoms with E-state index in [1.165, 1.54) is 18.7 Å². The minimum absolute atomic E-state index is 0.00943. The number of carbonyl (C=O) groups is 10. The highest BCUT2D eigenvalue weighted by Crippen LogP contribution is 2.20. The average Bonchev–Trinajstić information content (AvgIpc) is 3.81. The maximum absolute atomic E-state index is 14.0. The molecule has 1 aromatic rings. The normalized spacial score (nSPS) is 16.6. The Morgan fingerprint density at radius 3 is 1.86 bits per heavy atom. The zero-order valence-electron chi connectivity index (χ0n) is 41.8. The summed E-state index contributed by atoms with van der Waals surface area (Å²) in [7, 11) is 0. The Balaban J connectivity index is 2.28. The molecule has 25 nitrogen and oxygen atoms in total. The molecule has 1 heterocycles.